The predicted octanol–water partition coefficient (Wildman–Crippen LogP) is 3.57. The number of hydrogen-bond acceptors (Lipinski definition) is 5. The number of carbonyl (C=O) groups is 1. The number of morpholine rings is 1. The van der Waals surface area contributed by atoms with E-state index in [0.29, 0.717) is 44.8 Å². The summed E-state index contributed by atoms with van der Waals surface area (Å²) in [5.41, 5.74) is 2.25. The smallest absolute Gasteiger partial charge is 0.381 e. The van der Waals surface area contributed by atoms with Crippen LogP contribution in [-0.4, -0.2) is 57.8 Å². The van der Waals surface area contributed by atoms with Crippen LogP contribution in [0.25, 0.3) is 22.2 Å². The first-order valence-electron chi connectivity index (χ1n) is 11.6. The van der Waals surface area contributed by atoms with Gasteiger partial charge in [-0.25, -0.2) is 4.98 Å². The highest BCUT2D eigenvalue weighted by atomic mass is 19.4. The van der Waals surface area contributed by atoms with Crippen molar-refractivity contribution in [3.8, 4) is 11.1 Å². The number of rotatable bonds is 3. The number of nitrogens with one attached hydrogen (secondary N) is 2. The van der Waals surface area contributed by atoms with Crippen LogP contribution in [0, 0.1) is 0 Å². The van der Waals surface area contributed by atoms with Crippen LogP contribution >= 0.6 is 0 Å². The van der Waals surface area contributed by atoms with Crippen molar-refractivity contribution in [2.45, 2.75) is 44.6 Å². The van der Waals surface area contributed by atoms with Gasteiger partial charge in [0.15, 0.2) is 0 Å². The Morgan fingerprint density at radius 1 is 1.23 bits per heavy atom. The van der Waals surface area contributed by atoms with Gasteiger partial charge in [0.2, 0.25) is 0 Å². The molecule has 1 aromatic carbocycles. The van der Waals surface area contributed by atoms with Crippen LogP contribution < -0.4 is 5.32 Å². The van der Waals surface area contributed by atoms with E-state index >= 15 is 0 Å². The lowest BCUT2D eigenvalue weighted by Gasteiger charge is -2.36. The van der Waals surface area contributed by atoms with E-state index in [4.69, 9.17) is 4.74 Å². The summed E-state index contributed by atoms with van der Waals surface area (Å²) < 4.78 is 46.1. The Hall–Kier alpha value is -2.95. The largest absolute Gasteiger partial charge is 0.418 e. The van der Waals surface area contributed by atoms with E-state index in [1.165, 1.54) is 19.9 Å². The fraction of sp³-hybridized carbons (Fsp3) is 0.440. The number of amides is 1. The van der Waals surface area contributed by atoms with Crippen LogP contribution in [0.5, 0.6) is 0 Å². The van der Waals surface area contributed by atoms with E-state index in [1.807, 2.05) is 12.1 Å². The average molecular weight is 489 g/mol. The summed E-state index contributed by atoms with van der Waals surface area (Å²) in [4.78, 5) is 21.2. The summed E-state index contributed by atoms with van der Waals surface area (Å²) >= 11 is 0. The molecule has 4 heterocycles. The Kier molecular flexibility index (Phi) is 5.85. The normalized spacial score (nSPS) is 19.1. The topological polar surface area (TPSA) is 90.5 Å². The third kappa shape index (κ3) is 4.53. The number of benzene rings is 1. The maximum Gasteiger partial charge on any atom is 0.418 e. The number of aliphatic hydroxyl groups is 1. The Labute approximate surface area is 200 Å². The third-order valence-electron chi connectivity index (χ3n) is 6.65. The van der Waals surface area contributed by atoms with Crippen molar-refractivity contribution in [1.29, 1.82) is 0 Å². The lowest BCUT2D eigenvalue weighted by molar-refractivity contribution is -0.148. The molecule has 186 valence electrons. The monoisotopic (exact) mass is 488 g/mol. The van der Waals surface area contributed by atoms with E-state index in [0.717, 1.165) is 28.5 Å². The lowest BCUT2D eigenvalue weighted by atomic mass is 9.87. The third-order valence-corrected chi connectivity index (χ3v) is 6.65. The minimum atomic E-state index is -4.49. The van der Waals surface area contributed by atoms with Crippen molar-refractivity contribution in [2.75, 3.05) is 26.3 Å². The van der Waals surface area contributed by atoms with Crippen LogP contribution in [0.3, 0.4) is 0 Å². The molecule has 3 aromatic rings. The number of hydrogen-bond donors (Lipinski definition) is 3. The number of carbonyl (C=O) groups excluding carboxylic acids is 1. The summed E-state index contributed by atoms with van der Waals surface area (Å²) in [6.07, 6.45) is -1.40. The van der Waals surface area contributed by atoms with Gasteiger partial charge in [-0.15, -0.1) is 0 Å². The number of H-pyrrole nitrogens is 1. The second-order valence-electron chi connectivity index (χ2n) is 9.64. The number of aromatic amines is 1. The van der Waals surface area contributed by atoms with Crippen molar-refractivity contribution in [1.82, 2.24) is 20.2 Å². The average Bonchev–Trinajstić information content (AvgIpc) is 3.26. The Balaban J connectivity index is 1.60. The van der Waals surface area contributed by atoms with Crippen LogP contribution in [-0.2, 0) is 28.7 Å². The van der Waals surface area contributed by atoms with Gasteiger partial charge in [0.25, 0.3) is 5.91 Å². The van der Waals surface area contributed by atoms with Crippen molar-refractivity contribution >= 4 is 16.9 Å². The van der Waals surface area contributed by atoms with Gasteiger partial charge >= 0.3 is 6.18 Å². The molecule has 0 unspecified atom stereocenters. The molecule has 3 N–H and O–H groups in total. The first kappa shape index (κ1) is 23.8. The fourth-order valence-corrected chi connectivity index (χ4v) is 4.90. The van der Waals surface area contributed by atoms with E-state index < -0.39 is 17.3 Å². The number of nitrogens with zero attached hydrogens (tertiary/aromatic N) is 2. The van der Waals surface area contributed by atoms with E-state index in [9.17, 15) is 23.1 Å². The molecule has 7 nitrogen and oxygen atoms in total. The molecule has 35 heavy (non-hydrogen) atoms. The van der Waals surface area contributed by atoms with Gasteiger partial charge in [0, 0.05) is 43.0 Å². The van der Waals surface area contributed by atoms with Gasteiger partial charge in [0.05, 0.1) is 24.8 Å². The zero-order valence-electron chi connectivity index (χ0n) is 19.5. The predicted molar refractivity (Wildman–Crippen MR) is 124 cm³/mol. The van der Waals surface area contributed by atoms with Crippen molar-refractivity contribution in [2.24, 2.45) is 0 Å². The highest BCUT2D eigenvalue weighted by Crippen LogP contribution is 2.38. The molecular weight excluding hydrogens is 461 g/mol. The fourth-order valence-electron chi connectivity index (χ4n) is 4.90. The quantitative estimate of drug-likeness (QED) is 0.525. The van der Waals surface area contributed by atoms with E-state index in [1.54, 1.807) is 11.1 Å². The molecule has 1 saturated heterocycles. The first-order valence-corrected chi connectivity index (χ1v) is 11.6. The highest BCUT2D eigenvalue weighted by molar-refractivity contribution is 5.86. The zero-order chi connectivity index (χ0) is 25.0. The van der Waals surface area contributed by atoms with Gasteiger partial charge in [-0.05, 0) is 54.7 Å². The van der Waals surface area contributed by atoms with Gasteiger partial charge in [-0.3, -0.25) is 4.79 Å². The molecule has 1 atom stereocenters. The molecular formula is C25H27F3N4O3. The maximum absolute atomic E-state index is 13.5. The standard InChI is InChI=1S/C25H27F3N4O3/c1-24(2,34)23(33)32-5-3-14-7-15(8-17(19(14)12-32)21-13-35-6-4-29-21)16-9-18-20(25(26,27)28)11-31-22(18)30-10-16/h7-11,21,29,34H,3-6,12-13H2,1-2H3,(H,30,31)/t21-/m0/s1. The summed E-state index contributed by atoms with van der Waals surface area (Å²) in [7, 11) is 0. The van der Waals surface area contributed by atoms with E-state index in [2.05, 4.69) is 15.3 Å². The zero-order valence-corrected chi connectivity index (χ0v) is 19.5. The molecule has 5 rings (SSSR count). The Bertz CT molecular complexity index is 1270. The molecule has 2 aliphatic rings. The summed E-state index contributed by atoms with van der Waals surface area (Å²) in [5, 5.41) is 13.7. The molecule has 1 amide bonds. The minimum Gasteiger partial charge on any atom is -0.381 e. The molecule has 0 saturated carbocycles. The second kappa shape index (κ2) is 8.61. The summed E-state index contributed by atoms with van der Waals surface area (Å²) in [6, 6.07) is 5.32. The van der Waals surface area contributed by atoms with Gasteiger partial charge < -0.3 is 25.0 Å². The SMILES string of the molecule is CC(C)(O)C(=O)N1CCc2cc(-c3cnc4[nH]cc(C(F)(F)F)c4c3)cc([C@@H]3COCCN3)c2C1. The van der Waals surface area contributed by atoms with Crippen LogP contribution in [0.1, 0.15) is 42.1 Å². The van der Waals surface area contributed by atoms with Crippen LogP contribution in [0.4, 0.5) is 13.2 Å². The van der Waals surface area contributed by atoms with Gasteiger partial charge in [-0.2, -0.15) is 13.2 Å². The molecule has 10 heteroatoms. The van der Waals surface area contributed by atoms with Crippen LogP contribution in [0.15, 0.2) is 30.6 Å². The molecule has 0 aliphatic carbocycles. The lowest BCUT2D eigenvalue weighted by Crippen LogP contribution is -2.47. The first-order chi connectivity index (χ1) is 16.5. The van der Waals surface area contributed by atoms with Crippen molar-refractivity contribution < 1.29 is 27.8 Å². The number of halogens is 3. The highest BCUT2D eigenvalue weighted by Gasteiger charge is 2.35. The van der Waals surface area contributed by atoms with Crippen molar-refractivity contribution in [3.05, 3.63) is 52.8 Å². The minimum absolute atomic E-state index is 0.0235. The summed E-state index contributed by atoms with van der Waals surface area (Å²) in [6.45, 7) is 5.45. The number of fused-ring (bicyclic) bond motifs is 2. The Morgan fingerprint density at radius 2 is 2.03 bits per heavy atom. The summed E-state index contributed by atoms with van der Waals surface area (Å²) in [5.74, 6) is -0.340. The molecule has 2 aliphatic heterocycles. The van der Waals surface area contributed by atoms with Gasteiger partial charge in [-0.1, -0.05) is 6.07 Å². The van der Waals surface area contributed by atoms with Gasteiger partial charge in [0.1, 0.15) is 11.2 Å². The molecule has 0 spiro atoms. The number of aromatic nitrogens is 2. The van der Waals surface area contributed by atoms with Crippen molar-refractivity contribution in [3.63, 3.8) is 0 Å². The molecule has 2 aromatic heterocycles. The number of ether oxygens (including phenoxy) is 1. The number of alkyl halides is 3. The maximum atomic E-state index is 13.5. The van der Waals surface area contributed by atoms with E-state index in [-0.39, 0.29) is 23.0 Å². The Morgan fingerprint density at radius 3 is 2.71 bits per heavy atom. The molecule has 0 radical (unpaired) electrons. The van der Waals surface area contributed by atoms with Crippen LogP contribution in [0.2, 0.25) is 0 Å². The molecule has 0 bridgehead atoms. The second-order valence-corrected chi connectivity index (χ2v) is 9.64. The number of pyridine rings is 1. The molecule has 1 fully saturated rings.